The van der Waals surface area contributed by atoms with Gasteiger partial charge < -0.3 is 10.1 Å². The molecule has 0 radical (unpaired) electrons. The van der Waals surface area contributed by atoms with E-state index in [-0.39, 0.29) is 24.1 Å². The number of aromatic nitrogens is 1. The van der Waals surface area contributed by atoms with Gasteiger partial charge in [-0.15, -0.1) is 11.3 Å². The summed E-state index contributed by atoms with van der Waals surface area (Å²) >= 11 is 1.43. The zero-order chi connectivity index (χ0) is 18.4. The molecule has 1 N–H and O–H groups in total. The molecule has 3 aromatic rings. The molecule has 3 rings (SSSR count). The van der Waals surface area contributed by atoms with Crippen LogP contribution in [0.3, 0.4) is 0 Å². The van der Waals surface area contributed by atoms with Crippen LogP contribution in [0.4, 0.5) is 8.78 Å². The van der Waals surface area contributed by atoms with Gasteiger partial charge in [-0.05, 0) is 36.4 Å². The van der Waals surface area contributed by atoms with Crippen LogP contribution in [-0.2, 0) is 11.2 Å². The molecular formula is C19H16F2N2O2S. The summed E-state index contributed by atoms with van der Waals surface area (Å²) in [5.74, 6) is -0.494. The van der Waals surface area contributed by atoms with Gasteiger partial charge in [-0.3, -0.25) is 4.79 Å². The molecule has 2 aromatic carbocycles. The van der Waals surface area contributed by atoms with Gasteiger partial charge in [-0.25, -0.2) is 13.8 Å². The van der Waals surface area contributed by atoms with E-state index in [0.717, 1.165) is 16.3 Å². The SMILES string of the molecule is O=C(COc1ccc(F)cc1)NCCc1csc(-c2cccc(F)c2)n1. The van der Waals surface area contributed by atoms with Crippen LogP contribution >= 0.6 is 11.3 Å². The summed E-state index contributed by atoms with van der Waals surface area (Å²) in [4.78, 5) is 16.2. The standard InChI is InChI=1S/C19H16F2N2O2S/c20-14-4-6-17(7-5-14)25-11-18(24)22-9-8-16-12-26-19(23-16)13-2-1-3-15(21)10-13/h1-7,10,12H,8-9,11H2,(H,22,24). The number of nitrogens with one attached hydrogen (secondary N) is 1. The third kappa shape index (κ3) is 5.10. The van der Waals surface area contributed by atoms with E-state index in [4.69, 9.17) is 4.74 Å². The van der Waals surface area contributed by atoms with E-state index < -0.39 is 0 Å². The zero-order valence-electron chi connectivity index (χ0n) is 13.7. The Morgan fingerprint density at radius 2 is 1.92 bits per heavy atom. The maximum absolute atomic E-state index is 13.3. The molecule has 1 amide bonds. The van der Waals surface area contributed by atoms with Crippen LogP contribution in [-0.4, -0.2) is 24.0 Å². The molecule has 0 aliphatic heterocycles. The van der Waals surface area contributed by atoms with E-state index in [2.05, 4.69) is 10.3 Å². The van der Waals surface area contributed by atoms with Gasteiger partial charge in [-0.2, -0.15) is 0 Å². The van der Waals surface area contributed by atoms with Gasteiger partial charge in [0.2, 0.25) is 0 Å². The van der Waals surface area contributed by atoms with Crippen molar-refractivity contribution in [2.45, 2.75) is 6.42 Å². The van der Waals surface area contributed by atoms with Crippen LogP contribution in [0.25, 0.3) is 10.6 Å². The number of halogens is 2. The van der Waals surface area contributed by atoms with Crippen LogP contribution in [0.1, 0.15) is 5.69 Å². The molecule has 0 unspecified atom stereocenters. The summed E-state index contributed by atoms with van der Waals surface area (Å²) in [6.45, 7) is 0.273. The van der Waals surface area contributed by atoms with Crippen molar-refractivity contribution < 1.29 is 18.3 Å². The van der Waals surface area contributed by atoms with Gasteiger partial charge in [0.1, 0.15) is 22.4 Å². The Kier molecular flexibility index (Phi) is 5.91. The lowest BCUT2D eigenvalue weighted by Gasteiger charge is -2.06. The number of hydrogen-bond acceptors (Lipinski definition) is 4. The molecule has 0 saturated carbocycles. The number of hydrogen-bond donors (Lipinski definition) is 1. The quantitative estimate of drug-likeness (QED) is 0.684. The van der Waals surface area contributed by atoms with Crippen molar-refractivity contribution in [2.75, 3.05) is 13.2 Å². The second-order valence-electron chi connectivity index (χ2n) is 5.50. The molecular weight excluding hydrogens is 358 g/mol. The highest BCUT2D eigenvalue weighted by atomic mass is 32.1. The Labute approximate surface area is 153 Å². The fourth-order valence-electron chi connectivity index (χ4n) is 2.24. The number of carbonyl (C=O) groups excluding carboxylic acids is 1. The summed E-state index contributed by atoms with van der Waals surface area (Å²) in [5, 5.41) is 5.37. The van der Waals surface area contributed by atoms with Crippen LogP contribution < -0.4 is 10.1 Å². The number of benzene rings is 2. The predicted molar refractivity (Wildman–Crippen MR) is 96.1 cm³/mol. The van der Waals surface area contributed by atoms with Crippen molar-refractivity contribution in [1.82, 2.24) is 10.3 Å². The van der Waals surface area contributed by atoms with Gasteiger partial charge in [-0.1, -0.05) is 12.1 Å². The summed E-state index contributed by atoms with van der Waals surface area (Å²) in [7, 11) is 0. The number of ether oxygens (including phenoxy) is 1. The minimum atomic E-state index is -0.359. The Hall–Kier alpha value is -2.80. The normalized spacial score (nSPS) is 10.5. The number of carbonyl (C=O) groups is 1. The molecule has 0 saturated heterocycles. The molecule has 0 fully saturated rings. The highest BCUT2D eigenvalue weighted by molar-refractivity contribution is 7.13. The van der Waals surface area contributed by atoms with E-state index in [0.29, 0.717) is 18.7 Å². The largest absolute Gasteiger partial charge is 0.484 e. The molecule has 0 aliphatic carbocycles. The molecule has 0 aliphatic rings. The Bertz CT molecular complexity index is 881. The van der Waals surface area contributed by atoms with Crippen molar-refractivity contribution in [3.63, 3.8) is 0 Å². The van der Waals surface area contributed by atoms with Crippen molar-refractivity contribution >= 4 is 17.2 Å². The van der Waals surface area contributed by atoms with Gasteiger partial charge >= 0.3 is 0 Å². The first kappa shape index (κ1) is 18.0. The van der Waals surface area contributed by atoms with Crippen LogP contribution in [0.2, 0.25) is 0 Å². The average molecular weight is 374 g/mol. The van der Waals surface area contributed by atoms with Crippen LogP contribution in [0.15, 0.2) is 53.9 Å². The Balaban J connectivity index is 1.43. The minimum absolute atomic E-state index is 0.142. The van der Waals surface area contributed by atoms with Gasteiger partial charge in [0.05, 0.1) is 5.69 Å². The van der Waals surface area contributed by atoms with E-state index in [1.165, 1.54) is 47.7 Å². The Morgan fingerprint density at radius 3 is 2.69 bits per heavy atom. The summed E-state index contributed by atoms with van der Waals surface area (Å²) in [6, 6.07) is 11.8. The summed E-state index contributed by atoms with van der Waals surface area (Å²) in [6.07, 6.45) is 0.564. The first-order chi connectivity index (χ1) is 12.6. The zero-order valence-corrected chi connectivity index (χ0v) is 14.6. The molecule has 1 heterocycles. The van der Waals surface area contributed by atoms with Crippen LogP contribution in [0, 0.1) is 11.6 Å². The van der Waals surface area contributed by atoms with Gasteiger partial charge in [0, 0.05) is 23.9 Å². The maximum atomic E-state index is 13.3. The number of thiazole rings is 1. The van der Waals surface area contributed by atoms with Crippen molar-refractivity contribution in [3.8, 4) is 16.3 Å². The lowest BCUT2D eigenvalue weighted by atomic mass is 10.2. The van der Waals surface area contributed by atoms with E-state index in [1.54, 1.807) is 12.1 Å². The molecule has 1 aromatic heterocycles. The van der Waals surface area contributed by atoms with E-state index >= 15 is 0 Å². The smallest absolute Gasteiger partial charge is 0.257 e. The molecule has 0 bridgehead atoms. The number of amides is 1. The first-order valence-electron chi connectivity index (χ1n) is 7.95. The second kappa shape index (κ2) is 8.53. The summed E-state index contributed by atoms with van der Waals surface area (Å²) < 4.78 is 31.3. The fraction of sp³-hybridized carbons (Fsp3) is 0.158. The predicted octanol–water partition coefficient (Wildman–Crippen LogP) is 3.83. The third-order valence-corrected chi connectivity index (χ3v) is 4.45. The lowest BCUT2D eigenvalue weighted by molar-refractivity contribution is -0.123. The monoisotopic (exact) mass is 374 g/mol. The molecule has 134 valence electrons. The first-order valence-corrected chi connectivity index (χ1v) is 8.83. The topological polar surface area (TPSA) is 51.2 Å². The Morgan fingerprint density at radius 1 is 1.12 bits per heavy atom. The maximum Gasteiger partial charge on any atom is 0.257 e. The average Bonchev–Trinajstić information content (AvgIpc) is 3.10. The van der Waals surface area contributed by atoms with Crippen molar-refractivity contribution in [1.29, 1.82) is 0 Å². The highest BCUT2D eigenvalue weighted by Crippen LogP contribution is 2.24. The minimum Gasteiger partial charge on any atom is -0.484 e. The van der Waals surface area contributed by atoms with Gasteiger partial charge in [0.25, 0.3) is 5.91 Å². The molecule has 7 heteroatoms. The van der Waals surface area contributed by atoms with E-state index in [1.807, 2.05) is 5.38 Å². The lowest BCUT2D eigenvalue weighted by Crippen LogP contribution is -2.30. The third-order valence-electron chi connectivity index (χ3n) is 3.51. The summed E-state index contributed by atoms with van der Waals surface area (Å²) in [5.41, 5.74) is 1.56. The molecule has 26 heavy (non-hydrogen) atoms. The van der Waals surface area contributed by atoms with Crippen molar-refractivity contribution in [2.24, 2.45) is 0 Å². The van der Waals surface area contributed by atoms with Gasteiger partial charge in [0.15, 0.2) is 6.61 Å². The number of nitrogens with zero attached hydrogens (tertiary/aromatic N) is 1. The van der Waals surface area contributed by atoms with E-state index in [9.17, 15) is 13.6 Å². The highest BCUT2D eigenvalue weighted by Gasteiger charge is 2.07. The van der Waals surface area contributed by atoms with Crippen molar-refractivity contribution in [3.05, 3.63) is 71.2 Å². The van der Waals surface area contributed by atoms with Crippen LogP contribution in [0.5, 0.6) is 5.75 Å². The second-order valence-corrected chi connectivity index (χ2v) is 6.35. The fourth-order valence-corrected chi connectivity index (χ4v) is 3.09. The molecule has 0 spiro atoms. The molecule has 4 nitrogen and oxygen atoms in total. The molecule has 0 atom stereocenters. The number of rotatable bonds is 7.